The Morgan fingerprint density at radius 2 is 1.82 bits per heavy atom. The molecule has 5 nitrogen and oxygen atoms in total. The highest BCUT2D eigenvalue weighted by Crippen LogP contribution is 2.25. The van der Waals surface area contributed by atoms with Gasteiger partial charge in [0.05, 0.1) is 12.8 Å². The maximum Gasteiger partial charge on any atom is 0.412 e. The Morgan fingerprint density at radius 1 is 1.07 bits per heavy atom. The van der Waals surface area contributed by atoms with E-state index in [1.165, 1.54) is 0 Å². The third kappa shape index (κ3) is 6.41. The summed E-state index contributed by atoms with van der Waals surface area (Å²) in [4.78, 5) is 25.0. The second-order valence-electron chi connectivity index (χ2n) is 7.70. The molecule has 0 aliphatic rings. The van der Waals surface area contributed by atoms with Gasteiger partial charge >= 0.3 is 6.09 Å². The summed E-state index contributed by atoms with van der Waals surface area (Å²) in [6, 6.07) is 13.0. The molecule has 5 heteroatoms. The smallest absolute Gasteiger partial charge is 0.412 e. The molecule has 0 aliphatic carbocycles. The van der Waals surface area contributed by atoms with Crippen molar-refractivity contribution in [2.75, 3.05) is 12.4 Å². The molecule has 0 bridgehead atoms. The van der Waals surface area contributed by atoms with Gasteiger partial charge in [-0.3, -0.25) is 10.1 Å². The zero-order valence-electron chi connectivity index (χ0n) is 17.3. The van der Waals surface area contributed by atoms with E-state index >= 15 is 0 Å². The fourth-order valence-electron chi connectivity index (χ4n) is 2.83. The Morgan fingerprint density at radius 3 is 2.46 bits per heavy atom. The SMILES string of the molecule is CCCc1cccc(C(=O)Cc2ccc(OC)cc2NC(=O)OC(C)(C)C)c1. The van der Waals surface area contributed by atoms with E-state index in [0.717, 1.165) is 18.4 Å². The average molecular weight is 383 g/mol. The third-order valence-electron chi connectivity index (χ3n) is 4.09. The fourth-order valence-corrected chi connectivity index (χ4v) is 2.83. The third-order valence-corrected chi connectivity index (χ3v) is 4.09. The number of benzene rings is 2. The van der Waals surface area contributed by atoms with Gasteiger partial charge in [-0.05, 0) is 50.5 Å². The van der Waals surface area contributed by atoms with Crippen LogP contribution in [0.2, 0.25) is 0 Å². The molecule has 150 valence electrons. The van der Waals surface area contributed by atoms with Crippen molar-refractivity contribution in [3.05, 3.63) is 59.2 Å². The molecule has 2 aromatic rings. The molecule has 0 fully saturated rings. The Balaban J connectivity index is 2.23. The Labute approximate surface area is 167 Å². The molecule has 0 spiro atoms. The zero-order valence-corrected chi connectivity index (χ0v) is 17.3. The van der Waals surface area contributed by atoms with Crippen LogP contribution in [0.25, 0.3) is 0 Å². The second kappa shape index (κ2) is 9.40. The van der Waals surface area contributed by atoms with Crippen LogP contribution in [0.4, 0.5) is 10.5 Å². The largest absolute Gasteiger partial charge is 0.497 e. The van der Waals surface area contributed by atoms with Crippen LogP contribution in [-0.2, 0) is 17.6 Å². The first-order valence-electron chi connectivity index (χ1n) is 9.51. The predicted octanol–water partition coefficient (Wildman–Crippen LogP) is 5.42. The van der Waals surface area contributed by atoms with Crippen LogP contribution in [0.5, 0.6) is 5.75 Å². The highest BCUT2D eigenvalue weighted by atomic mass is 16.6. The molecule has 0 unspecified atom stereocenters. The predicted molar refractivity (Wildman–Crippen MR) is 111 cm³/mol. The molecular formula is C23H29NO4. The molecule has 2 aromatic carbocycles. The highest BCUT2D eigenvalue weighted by Gasteiger charge is 2.19. The molecule has 0 aromatic heterocycles. The summed E-state index contributed by atoms with van der Waals surface area (Å²) in [6.45, 7) is 7.50. The standard InChI is InChI=1S/C23H29NO4/c1-6-8-16-9-7-10-18(13-16)21(25)14-17-11-12-19(27-5)15-20(17)24-22(26)28-23(2,3)4/h7,9-13,15H,6,8,14H2,1-5H3,(H,24,26). The normalized spacial score (nSPS) is 11.0. The van der Waals surface area contributed by atoms with E-state index in [2.05, 4.69) is 12.2 Å². The lowest BCUT2D eigenvalue weighted by molar-refractivity contribution is 0.0635. The number of nitrogens with one attached hydrogen (secondary N) is 1. The summed E-state index contributed by atoms with van der Waals surface area (Å²) >= 11 is 0. The van der Waals surface area contributed by atoms with E-state index in [1.54, 1.807) is 46.1 Å². The van der Waals surface area contributed by atoms with E-state index in [-0.39, 0.29) is 12.2 Å². The molecule has 0 saturated heterocycles. The average Bonchev–Trinajstić information content (AvgIpc) is 2.62. The van der Waals surface area contributed by atoms with Gasteiger partial charge < -0.3 is 9.47 Å². The lowest BCUT2D eigenvalue weighted by Crippen LogP contribution is -2.27. The van der Waals surface area contributed by atoms with Crippen molar-refractivity contribution in [3.8, 4) is 5.75 Å². The Bertz CT molecular complexity index is 837. The van der Waals surface area contributed by atoms with Gasteiger partial charge in [-0.2, -0.15) is 0 Å². The van der Waals surface area contributed by atoms with Crippen LogP contribution >= 0.6 is 0 Å². The number of ether oxygens (including phenoxy) is 2. The van der Waals surface area contributed by atoms with Crippen molar-refractivity contribution in [1.82, 2.24) is 0 Å². The Hall–Kier alpha value is -2.82. The van der Waals surface area contributed by atoms with E-state index in [9.17, 15) is 9.59 Å². The first kappa shape index (κ1) is 21.5. The number of carbonyl (C=O) groups excluding carboxylic acids is 2. The molecule has 1 amide bonds. The van der Waals surface area contributed by atoms with Crippen LogP contribution in [0.3, 0.4) is 0 Å². The van der Waals surface area contributed by atoms with Gasteiger partial charge in [0, 0.05) is 18.1 Å². The molecule has 0 aliphatic heterocycles. The number of Topliss-reactive ketones (excluding diaryl/α,β-unsaturated/α-hetero) is 1. The number of ketones is 1. The minimum absolute atomic E-state index is 0.00430. The van der Waals surface area contributed by atoms with Crippen LogP contribution in [0, 0.1) is 0 Å². The maximum absolute atomic E-state index is 12.8. The minimum Gasteiger partial charge on any atom is -0.497 e. The van der Waals surface area contributed by atoms with Crippen LogP contribution < -0.4 is 10.1 Å². The number of hydrogen-bond donors (Lipinski definition) is 1. The molecule has 0 heterocycles. The maximum atomic E-state index is 12.8. The first-order valence-corrected chi connectivity index (χ1v) is 9.51. The van der Waals surface area contributed by atoms with Crippen molar-refractivity contribution < 1.29 is 19.1 Å². The molecule has 2 rings (SSSR count). The topological polar surface area (TPSA) is 64.6 Å². The monoisotopic (exact) mass is 383 g/mol. The quantitative estimate of drug-likeness (QED) is 0.648. The van der Waals surface area contributed by atoms with Crippen LogP contribution in [0.1, 0.15) is 55.6 Å². The van der Waals surface area contributed by atoms with Crippen molar-refractivity contribution in [3.63, 3.8) is 0 Å². The summed E-state index contributed by atoms with van der Waals surface area (Å²) in [7, 11) is 1.55. The highest BCUT2D eigenvalue weighted by molar-refractivity contribution is 5.99. The number of aryl methyl sites for hydroxylation is 1. The summed E-state index contributed by atoms with van der Waals surface area (Å²) in [5.41, 5.74) is 2.42. The first-order chi connectivity index (χ1) is 13.2. The molecule has 1 N–H and O–H groups in total. The fraction of sp³-hybridized carbons (Fsp3) is 0.391. The van der Waals surface area contributed by atoms with Crippen molar-refractivity contribution in [1.29, 1.82) is 0 Å². The summed E-state index contributed by atoms with van der Waals surface area (Å²) in [5.74, 6) is 0.586. The molecule has 0 radical (unpaired) electrons. The number of anilines is 1. The molecule has 28 heavy (non-hydrogen) atoms. The number of hydrogen-bond acceptors (Lipinski definition) is 4. The number of rotatable bonds is 7. The van der Waals surface area contributed by atoms with Gasteiger partial charge in [0.1, 0.15) is 11.4 Å². The van der Waals surface area contributed by atoms with Gasteiger partial charge in [-0.25, -0.2) is 4.79 Å². The number of carbonyl (C=O) groups is 2. The summed E-state index contributed by atoms with van der Waals surface area (Å²) < 4.78 is 10.6. The van der Waals surface area contributed by atoms with Crippen LogP contribution in [-0.4, -0.2) is 24.6 Å². The zero-order chi connectivity index (χ0) is 20.7. The van der Waals surface area contributed by atoms with Crippen molar-refractivity contribution in [2.45, 2.75) is 52.6 Å². The van der Waals surface area contributed by atoms with E-state index in [0.29, 0.717) is 22.6 Å². The number of amides is 1. The summed E-state index contributed by atoms with van der Waals surface area (Å²) in [6.07, 6.45) is 1.57. The molecule has 0 atom stereocenters. The van der Waals surface area contributed by atoms with Crippen molar-refractivity contribution >= 4 is 17.6 Å². The summed E-state index contributed by atoms with van der Waals surface area (Å²) in [5, 5.41) is 2.74. The second-order valence-corrected chi connectivity index (χ2v) is 7.70. The molecular weight excluding hydrogens is 354 g/mol. The number of methoxy groups -OCH3 is 1. The van der Waals surface area contributed by atoms with Gasteiger partial charge in [0.15, 0.2) is 5.78 Å². The van der Waals surface area contributed by atoms with Crippen LogP contribution in [0.15, 0.2) is 42.5 Å². The Kier molecular flexibility index (Phi) is 7.21. The van der Waals surface area contributed by atoms with Gasteiger partial charge in [0.2, 0.25) is 0 Å². The van der Waals surface area contributed by atoms with Crippen molar-refractivity contribution in [2.24, 2.45) is 0 Å². The lowest BCUT2D eigenvalue weighted by Gasteiger charge is -2.20. The van der Waals surface area contributed by atoms with Gasteiger partial charge in [-0.15, -0.1) is 0 Å². The van der Waals surface area contributed by atoms with E-state index < -0.39 is 11.7 Å². The van der Waals surface area contributed by atoms with E-state index in [4.69, 9.17) is 9.47 Å². The minimum atomic E-state index is -0.612. The molecule has 0 saturated carbocycles. The lowest BCUT2D eigenvalue weighted by atomic mass is 9.99. The van der Waals surface area contributed by atoms with E-state index in [1.807, 2.05) is 24.3 Å². The van der Waals surface area contributed by atoms with Gasteiger partial charge in [-0.1, -0.05) is 37.6 Å². The van der Waals surface area contributed by atoms with Gasteiger partial charge in [0.25, 0.3) is 0 Å².